The Labute approximate surface area is 117 Å². The Balaban J connectivity index is 2.24. The molecule has 21 heavy (non-hydrogen) atoms. The van der Waals surface area contributed by atoms with Gasteiger partial charge < -0.3 is 14.2 Å². The molecule has 0 saturated carbocycles. The van der Waals surface area contributed by atoms with Crippen molar-refractivity contribution in [2.75, 3.05) is 0 Å². The van der Waals surface area contributed by atoms with E-state index in [0.717, 1.165) is 4.68 Å². The van der Waals surface area contributed by atoms with Crippen LogP contribution in [-0.4, -0.2) is 35.6 Å². The Hall–Kier alpha value is -2.97. The molecule has 3 aromatic heterocycles. The summed E-state index contributed by atoms with van der Waals surface area (Å²) in [7, 11) is 1.77. The second-order valence-corrected chi connectivity index (χ2v) is 4.53. The third-order valence-corrected chi connectivity index (χ3v) is 3.17. The van der Waals surface area contributed by atoms with E-state index in [0.29, 0.717) is 5.82 Å². The zero-order chi connectivity index (χ0) is 15.1. The Morgan fingerprint density at radius 1 is 1.48 bits per heavy atom. The third-order valence-electron chi connectivity index (χ3n) is 3.17. The Bertz CT molecular complexity index is 904. The van der Waals surface area contributed by atoms with Crippen molar-refractivity contribution >= 4 is 16.9 Å². The molecular weight excluding hydrogens is 278 g/mol. The molecule has 0 bridgehead atoms. The summed E-state index contributed by atoms with van der Waals surface area (Å²) in [6.07, 6.45) is 3.30. The average Bonchev–Trinajstić information content (AvgIpc) is 3.00. The fraction of sp³-hybridized carbons (Fsp3) is 0.250. The highest BCUT2D eigenvalue weighted by Gasteiger charge is 2.22. The van der Waals surface area contributed by atoms with E-state index in [1.54, 1.807) is 24.0 Å². The molecule has 0 aromatic carbocycles. The predicted molar refractivity (Wildman–Crippen MR) is 70.1 cm³/mol. The fourth-order valence-corrected chi connectivity index (χ4v) is 2.08. The number of hydrogen-bond acceptors (Lipinski definition) is 6. The van der Waals surface area contributed by atoms with Crippen molar-refractivity contribution in [2.45, 2.75) is 13.5 Å². The molecule has 3 aromatic rings. The quantitative estimate of drug-likeness (QED) is 0.730. The summed E-state index contributed by atoms with van der Waals surface area (Å²) in [5.41, 5.74) is -0.832. The van der Waals surface area contributed by atoms with Crippen LogP contribution in [-0.2, 0) is 13.6 Å². The van der Waals surface area contributed by atoms with Crippen LogP contribution in [0.25, 0.3) is 10.9 Å². The van der Waals surface area contributed by atoms with Gasteiger partial charge in [0, 0.05) is 19.4 Å². The minimum absolute atomic E-state index is 0.0461. The first-order valence-corrected chi connectivity index (χ1v) is 6.05. The van der Waals surface area contributed by atoms with Crippen molar-refractivity contribution in [2.24, 2.45) is 7.05 Å². The van der Waals surface area contributed by atoms with E-state index < -0.39 is 11.5 Å². The zero-order valence-electron chi connectivity index (χ0n) is 11.3. The van der Waals surface area contributed by atoms with Gasteiger partial charge in [0.05, 0.1) is 5.39 Å². The molecule has 0 aliphatic rings. The van der Waals surface area contributed by atoms with E-state index in [4.69, 9.17) is 4.52 Å². The number of carboxylic acid groups (broad SMARTS) is 1. The van der Waals surface area contributed by atoms with Crippen LogP contribution in [0.1, 0.15) is 22.1 Å². The van der Waals surface area contributed by atoms with Crippen molar-refractivity contribution < 1.29 is 14.4 Å². The van der Waals surface area contributed by atoms with Crippen LogP contribution < -0.4 is 5.56 Å². The van der Waals surface area contributed by atoms with Gasteiger partial charge in [-0.15, -0.1) is 0 Å². The van der Waals surface area contributed by atoms with Gasteiger partial charge in [0.2, 0.25) is 0 Å². The molecule has 3 heterocycles. The maximum absolute atomic E-state index is 12.3. The number of carboxylic acids is 1. The van der Waals surface area contributed by atoms with E-state index in [-0.39, 0.29) is 28.9 Å². The SMILES string of the molecule is Cc1onc2c(=O)n(Cc3nccn3C)nc(C(=O)O)c12. The zero-order valence-corrected chi connectivity index (χ0v) is 11.3. The van der Waals surface area contributed by atoms with Crippen molar-refractivity contribution in [3.05, 3.63) is 40.0 Å². The molecule has 3 rings (SSSR count). The first-order chi connectivity index (χ1) is 9.99. The van der Waals surface area contributed by atoms with Crippen molar-refractivity contribution in [3.8, 4) is 0 Å². The van der Waals surface area contributed by atoms with Gasteiger partial charge in [0.1, 0.15) is 18.1 Å². The molecule has 1 N–H and O–H groups in total. The average molecular weight is 289 g/mol. The summed E-state index contributed by atoms with van der Waals surface area (Å²) in [6, 6.07) is 0. The molecule has 0 saturated heterocycles. The standard InChI is InChI=1S/C12H11N5O4/c1-6-8-9(15-21-6)11(18)17(14-10(8)12(19)20)5-7-13-3-4-16(7)2/h3-4H,5H2,1-2H3,(H,19,20). The first-order valence-electron chi connectivity index (χ1n) is 6.05. The number of imidazole rings is 1. The number of aryl methyl sites for hydroxylation is 2. The maximum atomic E-state index is 12.3. The first kappa shape index (κ1) is 13.0. The van der Waals surface area contributed by atoms with Gasteiger partial charge in [-0.1, -0.05) is 5.16 Å². The topological polar surface area (TPSA) is 116 Å². The summed E-state index contributed by atoms with van der Waals surface area (Å²) in [5, 5.41) is 16.9. The summed E-state index contributed by atoms with van der Waals surface area (Å²) in [4.78, 5) is 27.7. The highest BCUT2D eigenvalue weighted by atomic mass is 16.5. The molecular formula is C12H11N5O4. The molecule has 0 spiro atoms. The largest absolute Gasteiger partial charge is 0.476 e. The van der Waals surface area contributed by atoms with Gasteiger partial charge in [-0.25, -0.2) is 14.5 Å². The van der Waals surface area contributed by atoms with E-state index in [9.17, 15) is 14.7 Å². The van der Waals surface area contributed by atoms with Gasteiger partial charge in [-0.05, 0) is 6.92 Å². The van der Waals surface area contributed by atoms with Crippen molar-refractivity contribution in [3.63, 3.8) is 0 Å². The molecule has 0 amide bonds. The number of carbonyl (C=O) groups is 1. The maximum Gasteiger partial charge on any atom is 0.357 e. The fourth-order valence-electron chi connectivity index (χ4n) is 2.08. The van der Waals surface area contributed by atoms with Crippen LogP contribution in [0.2, 0.25) is 0 Å². The van der Waals surface area contributed by atoms with Crippen LogP contribution in [0.15, 0.2) is 21.7 Å². The number of aromatic carboxylic acids is 1. The molecule has 0 radical (unpaired) electrons. The van der Waals surface area contributed by atoms with Crippen LogP contribution in [0.4, 0.5) is 0 Å². The minimum atomic E-state index is -1.25. The normalized spacial score (nSPS) is 11.1. The highest BCUT2D eigenvalue weighted by Crippen LogP contribution is 2.17. The molecule has 0 aliphatic heterocycles. The summed E-state index contributed by atoms with van der Waals surface area (Å²) < 4.78 is 7.65. The number of nitrogens with zero attached hydrogens (tertiary/aromatic N) is 5. The van der Waals surface area contributed by atoms with Gasteiger partial charge in [0.15, 0.2) is 11.2 Å². The van der Waals surface area contributed by atoms with Gasteiger partial charge >= 0.3 is 5.97 Å². The molecule has 0 atom stereocenters. The van der Waals surface area contributed by atoms with Gasteiger partial charge in [-0.3, -0.25) is 4.79 Å². The highest BCUT2D eigenvalue weighted by molar-refractivity contribution is 6.00. The number of aromatic nitrogens is 5. The van der Waals surface area contributed by atoms with E-state index in [1.807, 2.05) is 0 Å². The second-order valence-electron chi connectivity index (χ2n) is 4.53. The Kier molecular flexibility index (Phi) is 2.82. The lowest BCUT2D eigenvalue weighted by molar-refractivity contribution is 0.0690. The number of rotatable bonds is 3. The predicted octanol–water partition coefficient (Wildman–Crippen LogP) is 0.173. The Morgan fingerprint density at radius 3 is 2.86 bits per heavy atom. The molecule has 0 aliphatic carbocycles. The summed E-state index contributed by atoms with van der Waals surface area (Å²) in [5.74, 6) is -0.434. The van der Waals surface area contributed by atoms with Crippen molar-refractivity contribution in [1.82, 2.24) is 24.5 Å². The summed E-state index contributed by atoms with van der Waals surface area (Å²) >= 11 is 0. The van der Waals surface area contributed by atoms with Crippen LogP contribution in [0.3, 0.4) is 0 Å². The van der Waals surface area contributed by atoms with E-state index in [1.165, 1.54) is 6.92 Å². The lowest BCUT2D eigenvalue weighted by atomic mass is 10.2. The lowest BCUT2D eigenvalue weighted by Crippen LogP contribution is -2.27. The van der Waals surface area contributed by atoms with E-state index in [2.05, 4.69) is 15.2 Å². The number of hydrogen-bond donors (Lipinski definition) is 1. The number of fused-ring (bicyclic) bond motifs is 1. The summed E-state index contributed by atoms with van der Waals surface area (Å²) in [6.45, 7) is 1.58. The lowest BCUT2D eigenvalue weighted by Gasteiger charge is -2.06. The molecule has 0 fully saturated rings. The Morgan fingerprint density at radius 2 is 2.24 bits per heavy atom. The van der Waals surface area contributed by atoms with Crippen LogP contribution in [0, 0.1) is 6.92 Å². The van der Waals surface area contributed by atoms with Gasteiger partial charge in [-0.2, -0.15) is 5.10 Å². The van der Waals surface area contributed by atoms with Crippen LogP contribution in [0.5, 0.6) is 0 Å². The molecule has 108 valence electrons. The smallest absolute Gasteiger partial charge is 0.357 e. The third kappa shape index (κ3) is 1.98. The van der Waals surface area contributed by atoms with Gasteiger partial charge in [0.25, 0.3) is 5.56 Å². The molecule has 9 nitrogen and oxygen atoms in total. The van der Waals surface area contributed by atoms with Crippen molar-refractivity contribution in [1.29, 1.82) is 0 Å². The second kappa shape index (κ2) is 4.54. The minimum Gasteiger partial charge on any atom is -0.476 e. The van der Waals surface area contributed by atoms with E-state index >= 15 is 0 Å². The monoisotopic (exact) mass is 289 g/mol. The molecule has 0 unspecified atom stereocenters. The molecule has 9 heteroatoms. The van der Waals surface area contributed by atoms with Crippen LogP contribution >= 0.6 is 0 Å².